The average Bonchev–Trinajstić information content (AvgIpc) is 2.41. The van der Waals surface area contributed by atoms with Crippen LogP contribution >= 0.6 is 0 Å². The van der Waals surface area contributed by atoms with Crippen LogP contribution in [0.5, 0.6) is 0 Å². The Bertz CT molecular complexity index is 482. The Kier molecular flexibility index (Phi) is 5.04. The molecule has 0 unspecified atom stereocenters. The molecule has 0 radical (unpaired) electrons. The minimum atomic E-state index is -0.0748. The van der Waals surface area contributed by atoms with E-state index in [1.807, 2.05) is 39.0 Å². The van der Waals surface area contributed by atoms with Gasteiger partial charge in [0, 0.05) is 18.8 Å². The summed E-state index contributed by atoms with van der Waals surface area (Å²) in [5.74, 6) is 1.45. The molecule has 1 saturated heterocycles. The Hall–Kier alpha value is -1.35. The van der Waals surface area contributed by atoms with Gasteiger partial charge in [0.25, 0.3) is 0 Å². The molecule has 1 N–H and O–H groups in total. The highest BCUT2D eigenvalue weighted by Crippen LogP contribution is 2.24. The van der Waals surface area contributed by atoms with E-state index in [1.54, 1.807) is 0 Å². The Morgan fingerprint density at radius 2 is 1.71 bits per heavy atom. The van der Waals surface area contributed by atoms with Crippen molar-refractivity contribution in [1.29, 1.82) is 0 Å². The van der Waals surface area contributed by atoms with Crippen LogP contribution in [0.25, 0.3) is 0 Å². The van der Waals surface area contributed by atoms with E-state index in [0.29, 0.717) is 11.8 Å². The molecule has 1 aliphatic heterocycles. The smallest absolute Gasteiger partial charge is 0.241 e. The number of hydrogen-bond donors (Lipinski definition) is 1. The lowest BCUT2D eigenvalue weighted by Crippen LogP contribution is -2.48. The lowest BCUT2D eigenvalue weighted by molar-refractivity contribution is -0.121. The van der Waals surface area contributed by atoms with E-state index >= 15 is 0 Å². The molecule has 2 rings (SSSR count). The number of para-hydroxylation sites is 1. The molecule has 0 aromatic heterocycles. The second-order valence-corrected chi connectivity index (χ2v) is 6.83. The molecular weight excluding hydrogens is 260 g/mol. The maximum absolute atomic E-state index is 12.6. The van der Waals surface area contributed by atoms with Crippen LogP contribution in [-0.4, -0.2) is 29.9 Å². The van der Waals surface area contributed by atoms with Crippen molar-refractivity contribution in [3.8, 4) is 0 Å². The lowest BCUT2D eigenvalue weighted by Gasteiger charge is -2.38. The molecule has 0 saturated carbocycles. The number of amides is 1. The van der Waals surface area contributed by atoms with Gasteiger partial charge in [-0.05, 0) is 50.2 Å². The summed E-state index contributed by atoms with van der Waals surface area (Å²) in [6.45, 7) is 12.7. The van der Waals surface area contributed by atoms with Crippen LogP contribution < -0.4 is 5.32 Å². The van der Waals surface area contributed by atoms with E-state index in [0.717, 1.165) is 29.9 Å². The topological polar surface area (TPSA) is 32.3 Å². The zero-order valence-electron chi connectivity index (χ0n) is 13.9. The quantitative estimate of drug-likeness (QED) is 0.921. The summed E-state index contributed by atoms with van der Waals surface area (Å²) < 4.78 is 0. The van der Waals surface area contributed by atoms with Gasteiger partial charge in [-0.15, -0.1) is 0 Å². The lowest BCUT2D eigenvalue weighted by atomic mass is 9.91. The van der Waals surface area contributed by atoms with Gasteiger partial charge < -0.3 is 5.32 Å². The maximum atomic E-state index is 12.6. The van der Waals surface area contributed by atoms with Crippen LogP contribution in [0.2, 0.25) is 0 Å². The Balaban J connectivity index is 2.06. The Labute approximate surface area is 128 Å². The Morgan fingerprint density at radius 1 is 1.19 bits per heavy atom. The Morgan fingerprint density at radius 3 is 2.24 bits per heavy atom. The van der Waals surface area contributed by atoms with Crippen LogP contribution in [0.15, 0.2) is 18.2 Å². The van der Waals surface area contributed by atoms with Crippen LogP contribution in [0.4, 0.5) is 5.69 Å². The normalized spacial score (nSPS) is 24.6. The predicted octanol–water partition coefficient (Wildman–Crippen LogP) is 3.61. The summed E-state index contributed by atoms with van der Waals surface area (Å²) in [6.07, 6.45) is 1.27. The summed E-state index contributed by atoms with van der Waals surface area (Å²) in [6, 6.07) is 6.03. The van der Waals surface area contributed by atoms with Crippen molar-refractivity contribution in [3.63, 3.8) is 0 Å². The molecule has 1 amide bonds. The van der Waals surface area contributed by atoms with Gasteiger partial charge in [0.1, 0.15) is 0 Å². The summed E-state index contributed by atoms with van der Waals surface area (Å²) >= 11 is 0. The average molecular weight is 288 g/mol. The predicted molar refractivity (Wildman–Crippen MR) is 88.5 cm³/mol. The fraction of sp³-hybridized carbons (Fsp3) is 0.611. The van der Waals surface area contributed by atoms with E-state index in [9.17, 15) is 4.79 Å². The van der Waals surface area contributed by atoms with Crippen molar-refractivity contribution in [2.45, 2.75) is 47.1 Å². The number of carbonyl (C=O) groups is 1. The van der Waals surface area contributed by atoms with Gasteiger partial charge in [-0.25, -0.2) is 0 Å². The van der Waals surface area contributed by atoms with Gasteiger partial charge in [0.05, 0.1) is 6.04 Å². The van der Waals surface area contributed by atoms with Gasteiger partial charge in [-0.3, -0.25) is 9.69 Å². The van der Waals surface area contributed by atoms with Gasteiger partial charge in [-0.1, -0.05) is 32.0 Å². The zero-order valence-corrected chi connectivity index (χ0v) is 13.9. The molecular formula is C18H28N2O. The number of hydrogen-bond acceptors (Lipinski definition) is 2. The first-order valence-corrected chi connectivity index (χ1v) is 7.99. The number of anilines is 1. The van der Waals surface area contributed by atoms with Crippen LogP contribution in [0.3, 0.4) is 0 Å². The monoisotopic (exact) mass is 288 g/mol. The second kappa shape index (κ2) is 6.61. The van der Waals surface area contributed by atoms with E-state index in [1.165, 1.54) is 6.42 Å². The van der Waals surface area contributed by atoms with E-state index < -0.39 is 0 Å². The number of benzene rings is 1. The van der Waals surface area contributed by atoms with Crippen molar-refractivity contribution in [2.75, 3.05) is 18.4 Å². The zero-order chi connectivity index (χ0) is 15.6. The molecule has 1 aliphatic rings. The van der Waals surface area contributed by atoms with Gasteiger partial charge >= 0.3 is 0 Å². The largest absolute Gasteiger partial charge is 0.324 e. The molecule has 116 valence electrons. The molecule has 21 heavy (non-hydrogen) atoms. The van der Waals surface area contributed by atoms with Crippen molar-refractivity contribution < 1.29 is 4.79 Å². The van der Waals surface area contributed by atoms with Crippen molar-refractivity contribution >= 4 is 11.6 Å². The summed E-state index contributed by atoms with van der Waals surface area (Å²) in [4.78, 5) is 14.9. The third-order valence-corrected chi connectivity index (χ3v) is 4.55. The third-order valence-electron chi connectivity index (χ3n) is 4.55. The summed E-state index contributed by atoms with van der Waals surface area (Å²) in [5, 5.41) is 3.12. The fourth-order valence-electron chi connectivity index (χ4n) is 3.43. The van der Waals surface area contributed by atoms with Gasteiger partial charge in [0.2, 0.25) is 5.91 Å². The number of likely N-dealkylation sites (tertiary alicyclic amines) is 1. The first-order chi connectivity index (χ1) is 9.88. The van der Waals surface area contributed by atoms with E-state index in [4.69, 9.17) is 0 Å². The maximum Gasteiger partial charge on any atom is 0.241 e. The van der Waals surface area contributed by atoms with Gasteiger partial charge in [-0.2, -0.15) is 0 Å². The minimum Gasteiger partial charge on any atom is -0.324 e. The first-order valence-electron chi connectivity index (χ1n) is 7.99. The minimum absolute atomic E-state index is 0.0748. The highest BCUT2D eigenvalue weighted by molar-refractivity contribution is 5.95. The van der Waals surface area contributed by atoms with Crippen molar-refractivity contribution in [1.82, 2.24) is 4.90 Å². The third kappa shape index (κ3) is 3.85. The second-order valence-electron chi connectivity index (χ2n) is 6.83. The SMILES string of the molecule is Cc1cccc(C)c1NC(=O)[C@H](C)N1C[C@@H](C)C[C@H](C)C1. The summed E-state index contributed by atoms with van der Waals surface area (Å²) in [7, 11) is 0. The fourth-order valence-corrected chi connectivity index (χ4v) is 3.43. The number of aryl methyl sites for hydroxylation is 2. The highest BCUT2D eigenvalue weighted by Gasteiger charge is 2.29. The molecule has 0 aliphatic carbocycles. The number of carbonyl (C=O) groups excluding carboxylic acids is 1. The van der Waals surface area contributed by atoms with Crippen LogP contribution in [0, 0.1) is 25.7 Å². The highest BCUT2D eigenvalue weighted by atomic mass is 16.2. The molecule has 1 heterocycles. The van der Waals surface area contributed by atoms with Crippen molar-refractivity contribution in [2.24, 2.45) is 11.8 Å². The number of nitrogens with zero attached hydrogens (tertiary/aromatic N) is 1. The van der Waals surface area contributed by atoms with Crippen LogP contribution in [-0.2, 0) is 4.79 Å². The molecule has 1 fully saturated rings. The molecule has 0 spiro atoms. The number of piperidine rings is 1. The van der Waals surface area contributed by atoms with E-state index in [2.05, 4.69) is 24.1 Å². The molecule has 0 bridgehead atoms. The standard InChI is InChI=1S/C18H28N2O/c1-12-9-13(2)11-20(10-12)16(5)18(21)19-17-14(3)7-6-8-15(17)4/h6-8,12-13,16H,9-11H2,1-5H3,(H,19,21)/t12-,13-,16-/m0/s1. The molecule has 3 nitrogen and oxygen atoms in total. The number of rotatable bonds is 3. The first kappa shape index (κ1) is 16.0. The van der Waals surface area contributed by atoms with Gasteiger partial charge in [0.15, 0.2) is 0 Å². The molecule has 1 aromatic rings. The van der Waals surface area contributed by atoms with Crippen LogP contribution in [0.1, 0.15) is 38.3 Å². The summed E-state index contributed by atoms with van der Waals surface area (Å²) in [5.41, 5.74) is 3.21. The molecule has 1 aromatic carbocycles. The van der Waals surface area contributed by atoms with E-state index in [-0.39, 0.29) is 11.9 Å². The van der Waals surface area contributed by atoms with Crippen molar-refractivity contribution in [3.05, 3.63) is 29.3 Å². The number of nitrogens with one attached hydrogen (secondary N) is 1. The molecule has 3 heteroatoms. The molecule has 3 atom stereocenters.